The molecule has 0 heterocycles. The third-order valence-corrected chi connectivity index (χ3v) is 2.92. The van der Waals surface area contributed by atoms with Gasteiger partial charge < -0.3 is 9.47 Å². The minimum absolute atomic E-state index is 0.529. The summed E-state index contributed by atoms with van der Waals surface area (Å²) in [6.45, 7) is 0. The molecule has 0 fully saturated rings. The van der Waals surface area contributed by atoms with Gasteiger partial charge in [-0.05, 0) is 35.4 Å². The number of hydrogen-bond acceptors (Lipinski definition) is 4. The van der Waals surface area contributed by atoms with Gasteiger partial charge in [0.25, 0.3) is 0 Å². The predicted octanol–water partition coefficient (Wildman–Crippen LogP) is 3.71. The Morgan fingerprint density at radius 1 is 0.773 bits per heavy atom. The summed E-state index contributed by atoms with van der Waals surface area (Å²) in [7, 11) is 2.61. The number of anilines is 2. The van der Waals surface area contributed by atoms with Gasteiger partial charge in [0.15, 0.2) is 0 Å². The van der Waals surface area contributed by atoms with E-state index in [-0.39, 0.29) is 0 Å². The van der Waals surface area contributed by atoms with Crippen molar-refractivity contribution in [2.75, 3.05) is 24.9 Å². The Morgan fingerprint density at radius 2 is 1.18 bits per heavy atom. The van der Waals surface area contributed by atoms with Crippen LogP contribution in [0.4, 0.5) is 21.0 Å². The van der Waals surface area contributed by atoms with Gasteiger partial charge in [0.1, 0.15) is 0 Å². The fourth-order valence-corrected chi connectivity index (χ4v) is 1.89. The smallest absolute Gasteiger partial charge is 0.411 e. The average Bonchev–Trinajstić information content (AvgIpc) is 2.55. The molecule has 0 unspecified atom stereocenters. The first-order valence-electron chi connectivity index (χ1n) is 6.53. The Hall–Kier alpha value is -3.02. The van der Waals surface area contributed by atoms with Crippen LogP contribution in [0.15, 0.2) is 48.5 Å². The fourth-order valence-electron chi connectivity index (χ4n) is 1.89. The molecule has 0 spiro atoms. The van der Waals surface area contributed by atoms with Crippen molar-refractivity contribution >= 4 is 23.6 Å². The Balaban J connectivity index is 2.24. The zero-order valence-electron chi connectivity index (χ0n) is 12.3. The number of benzene rings is 2. The molecule has 6 heteroatoms. The highest BCUT2D eigenvalue weighted by atomic mass is 16.5. The molecule has 0 bridgehead atoms. The summed E-state index contributed by atoms with van der Waals surface area (Å²) < 4.78 is 9.13. The van der Waals surface area contributed by atoms with Gasteiger partial charge in [-0.3, -0.25) is 10.6 Å². The molecule has 0 atom stereocenters. The molecule has 0 aliphatic heterocycles. The number of carbonyl (C=O) groups is 2. The van der Waals surface area contributed by atoms with Crippen LogP contribution in [0.2, 0.25) is 0 Å². The van der Waals surface area contributed by atoms with Crippen LogP contribution in [0.3, 0.4) is 0 Å². The van der Waals surface area contributed by atoms with Gasteiger partial charge in [0.2, 0.25) is 0 Å². The Morgan fingerprint density at radius 3 is 1.55 bits per heavy atom. The van der Waals surface area contributed by atoms with E-state index in [1.165, 1.54) is 14.2 Å². The molecule has 0 saturated heterocycles. The van der Waals surface area contributed by atoms with Crippen molar-refractivity contribution < 1.29 is 19.1 Å². The maximum absolute atomic E-state index is 11.2. The predicted molar refractivity (Wildman–Crippen MR) is 83.9 cm³/mol. The first kappa shape index (κ1) is 15.4. The monoisotopic (exact) mass is 300 g/mol. The molecule has 6 nitrogen and oxygen atoms in total. The number of amides is 2. The van der Waals surface area contributed by atoms with Crippen LogP contribution in [0, 0.1) is 0 Å². The Bertz CT molecular complexity index is 626. The molecule has 0 radical (unpaired) electrons. The molecular weight excluding hydrogens is 284 g/mol. The third kappa shape index (κ3) is 3.99. The number of ether oxygens (including phenoxy) is 2. The van der Waals surface area contributed by atoms with Gasteiger partial charge in [-0.15, -0.1) is 0 Å². The van der Waals surface area contributed by atoms with E-state index in [2.05, 4.69) is 20.1 Å². The second-order valence-corrected chi connectivity index (χ2v) is 4.39. The zero-order chi connectivity index (χ0) is 15.9. The van der Waals surface area contributed by atoms with E-state index in [0.29, 0.717) is 11.4 Å². The summed E-state index contributed by atoms with van der Waals surface area (Å²) >= 11 is 0. The van der Waals surface area contributed by atoms with Gasteiger partial charge in [0, 0.05) is 11.4 Å². The summed E-state index contributed by atoms with van der Waals surface area (Å²) in [4.78, 5) is 22.5. The van der Waals surface area contributed by atoms with E-state index in [4.69, 9.17) is 0 Å². The number of nitrogens with one attached hydrogen (secondary N) is 2. The van der Waals surface area contributed by atoms with Gasteiger partial charge >= 0.3 is 12.2 Å². The lowest BCUT2D eigenvalue weighted by Gasteiger charge is -2.09. The molecule has 0 aliphatic carbocycles. The van der Waals surface area contributed by atoms with E-state index < -0.39 is 12.2 Å². The van der Waals surface area contributed by atoms with Crippen LogP contribution in [0.5, 0.6) is 0 Å². The highest BCUT2D eigenvalue weighted by molar-refractivity contribution is 5.87. The van der Waals surface area contributed by atoms with Crippen molar-refractivity contribution in [3.8, 4) is 11.1 Å². The first-order chi connectivity index (χ1) is 10.6. The summed E-state index contributed by atoms with van der Waals surface area (Å²) in [5.41, 5.74) is 3.02. The molecule has 2 aromatic carbocycles. The summed E-state index contributed by atoms with van der Waals surface area (Å²) in [6, 6.07) is 14.6. The van der Waals surface area contributed by atoms with Gasteiger partial charge in [-0.1, -0.05) is 24.3 Å². The van der Waals surface area contributed by atoms with E-state index >= 15 is 0 Å². The number of carbonyl (C=O) groups excluding carboxylic acids is 2. The molecule has 2 rings (SSSR count). The molecule has 0 aliphatic rings. The summed E-state index contributed by atoms with van der Waals surface area (Å²) in [5.74, 6) is 0. The second-order valence-electron chi connectivity index (χ2n) is 4.39. The van der Waals surface area contributed by atoms with Crippen LogP contribution in [-0.4, -0.2) is 26.4 Å². The van der Waals surface area contributed by atoms with Crippen molar-refractivity contribution in [2.24, 2.45) is 0 Å². The number of rotatable bonds is 3. The van der Waals surface area contributed by atoms with Crippen molar-refractivity contribution in [1.29, 1.82) is 0 Å². The summed E-state index contributed by atoms with van der Waals surface area (Å²) in [6.07, 6.45) is -1.06. The van der Waals surface area contributed by atoms with E-state index in [1.54, 1.807) is 12.1 Å². The highest BCUT2D eigenvalue weighted by Crippen LogP contribution is 2.25. The van der Waals surface area contributed by atoms with Crippen molar-refractivity contribution in [3.63, 3.8) is 0 Å². The molecule has 22 heavy (non-hydrogen) atoms. The maximum Gasteiger partial charge on any atom is 0.411 e. The lowest BCUT2D eigenvalue weighted by Crippen LogP contribution is -2.11. The lowest BCUT2D eigenvalue weighted by atomic mass is 10.0. The van der Waals surface area contributed by atoms with Crippen LogP contribution in [0.25, 0.3) is 11.1 Å². The van der Waals surface area contributed by atoms with Gasteiger partial charge in [0.05, 0.1) is 14.2 Å². The first-order valence-corrected chi connectivity index (χ1v) is 6.53. The maximum atomic E-state index is 11.2. The molecule has 0 saturated carbocycles. The Labute approximate surface area is 128 Å². The molecule has 2 aromatic rings. The second kappa shape index (κ2) is 7.12. The quantitative estimate of drug-likeness (QED) is 0.906. The molecule has 114 valence electrons. The van der Waals surface area contributed by atoms with Gasteiger partial charge in [-0.2, -0.15) is 0 Å². The number of hydrogen-bond donors (Lipinski definition) is 2. The molecule has 0 aromatic heterocycles. The lowest BCUT2D eigenvalue weighted by molar-refractivity contribution is 0.186. The van der Waals surface area contributed by atoms with Crippen molar-refractivity contribution in [3.05, 3.63) is 48.5 Å². The fraction of sp³-hybridized carbons (Fsp3) is 0.125. The molecular formula is C16H16N2O4. The van der Waals surface area contributed by atoms with Crippen LogP contribution < -0.4 is 10.6 Å². The van der Waals surface area contributed by atoms with Gasteiger partial charge in [-0.25, -0.2) is 9.59 Å². The Kier molecular flexibility index (Phi) is 4.98. The van der Waals surface area contributed by atoms with E-state index in [9.17, 15) is 9.59 Å². The number of methoxy groups -OCH3 is 2. The third-order valence-electron chi connectivity index (χ3n) is 2.92. The molecule has 2 N–H and O–H groups in total. The topological polar surface area (TPSA) is 76.7 Å². The largest absolute Gasteiger partial charge is 0.453 e. The standard InChI is InChI=1S/C16H16N2O4/c1-21-15(19)17-13-7-3-5-11(9-13)12-6-4-8-14(10-12)18-16(20)22-2/h3-10H,1-2H3,(H,17,19)(H,18,20). The van der Waals surface area contributed by atoms with Crippen LogP contribution in [0.1, 0.15) is 0 Å². The molecule has 2 amide bonds. The normalized spacial score (nSPS) is 9.73. The van der Waals surface area contributed by atoms with Crippen LogP contribution in [-0.2, 0) is 9.47 Å². The SMILES string of the molecule is COC(=O)Nc1cccc(-c2cccc(NC(=O)OC)c2)c1. The average molecular weight is 300 g/mol. The zero-order valence-corrected chi connectivity index (χ0v) is 12.3. The van der Waals surface area contributed by atoms with E-state index in [1.807, 2.05) is 36.4 Å². The van der Waals surface area contributed by atoms with Crippen LogP contribution >= 0.6 is 0 Å². The van der Waals surface area contributed by atoms with Crippen molar-refractivity contribution in [1.82, 2.24) is 0 Å². The van der Waals surface area contributed by atoms with E-state index in [0.717, 1.165) is 11.1 Å². The highest BCUT2D eigenvalue weighted by Gasteiger charge is 2.05. The van der Waals surface area contributed by atoms with Crippen molar-refractivity contribution in [2.45, 2.75) is 0 Å². The minimum Gasteiger partial charge on any atom is -0.453 e. The summed E-state index contributed by atoms with van der Waals surface area (Å²) in [5, 5.41) is 5.21. The minimum atomic E-state index is -0.529.